The molecule has 0 spiro atoms. The average Bonchev–Trinajstić information content (AvgIpc) is 3.97. The van der Waals surface area contributed by atoms with Crippen molar-refractivity contribution in [1.29, 1.82) is 0 Å². The average molecular weight is 941 g/mol. The van der Waals surface area contributed by atoms with Crippen LogP contribution in [0.3, 0.4) is 0 Å². The number of imidazole rings is 1. The minimum absolute atomic E-state index is 0.111. The lowest BCUT2D eigenvalue weighted by Crippen LogP contribution is -2.58. The van der Waals surface area contributed by atoms with Gasteiger partial charge < -0.3 is 51.4 Å². The number of carbonyl (C=O) groups is 6. The molecule has 0 unspecified atom stereocenters. The number of thiazole rings is 2. The molecule has 3 heterocycles. The van der Waals surface area contributed by atoms with Crippen LogP contribution in [0.1, 0.15) is 96.0 Å². The van der Waals surface area contributed by atoms with Gasteiger partial charge in [-0.2, -0.15) is 0 Å². The summed E-state index contributed by atoms with van der Waals surface area (Å²) in [5.74, 6) is -2.97. The Morgan fingerprint density at radius 2 is 1.48 bits per heavy atom. The van der Waals surface area contributed by atoms with Crippen LogP contribution in [0.25, 0.3) is 10.7 Å². The van der Waals surface area contributed by atoms with Crippen molar-refractivity contribution in [3.8, 4) is 10.7 Å². The van der Waals surface area contributed by atoms with Gasteiger partial charge in [-0.3, -0.25) is 19.2 Å². The molecule has 5 amide bonds. The molecule has 63 heavy (non-hydrogen) atoms. The number of hydrogen-bond acceptors (Lipinski definition) is 16. The molecule has 20 nitrogen and oxygen atoms in total. The maximum atomic E-state index is 13.6. The summed E-state index contributed by atoms with van der Waals surface area (Å²) < 4.78 is 11.5. The number of aliphatic hydroxyl groups is 3. The van der Waals surface area contributed by atoms with Crippen LogP contribution in [0.15, 0.2) is 23.3 Å². The minimum Gasteiger partial charge on any atom is -0.444 e. The number of amides is 5. The molecule has 350 valence electrons. The lowest BCUT2D eigenvalue weighted by atomic mass is 9.96. The van der Waals surface area contributed by atoms with Gasteiger partial charge in [0.2, 0.25) is 17.7 Å². The fourth-order valence-electron chi connectivity index (χ4n) is 5.55. The first-order valence-corrected chi connectivity index (χ1v) is 24.1. The van der Waals surface area contributed by atoms with Crippen LogP contribution < -0.4 is 26.6 Å². The molecule has 0 aliphatic heterocycles. The summed E-state index contributed by atoms with van der Waals surface area (Å²) in [6, 6.07) is -4.35. The van der Waals surface area contributed by atoms with Crippen molar-refractivity contribution in [3.63, 3.8) is 0 Å². The summed E-state index contributed by atoms with van der Waals surface area (Å²) in [7, 11) is 0.308. The highest BCUT2D eigenvalue weighted by molar-refractivity contribution is 7.95. The molecule has 8 N–H and O–H groups in total. The van der Waals surface area contributed by atoms with Crippen molar-refractivity contribution in [3.05, 3.63) is 39.7 Å². The second-order valence-electron chi connectivity index (χ2n) is 17.1. The highest BCUT2D eigenvalue weighted by atomic mass is 32.2. The van der Waals surface area contributed by atoms with Gasteiger partial charge in [-0.15, -0.1) is 22.7 Å². The zero-order valence-corrected chi connectivity index (χ0v) is 40.0. The Hall–Kier alpha value is -4.68. The van der Waals surface area contributed by atoms with Crippen LogP contribution in [0.2, 0.25) is 0 Å². The number of carbonyl (C=O) groups excluding carboxylic acids is 6. The van der Waals surface area contributed by atoms with Gasteiger partial charge in [-0.05, 0) is 66.3 Å². The van der Waals surface area contributed by atoms with Crippen LogP contribution in [0.4, 0.5) is 9.59 Å². The molecule has 0 aromatic carbocycles. The van der Waals surface area contributed by atoms with Crippen molar-refractivity contribution in [2.75, 3.05) is 31.4 Å². The van der Waals surface area contributed by atoms with E-state index in [1.807, 2.05) is 0 Å². The largest absolute Gasteiger partial charge is 0.444 e. The van der Waals surface area contributed by atoms with Crippen LogP contribution in [0, 0.1) is 5.92 Å². The third kappa shape index (κ3) is 17.1. The molecule has 0 bridgehead atoms. The summed E-state index contributed by atoms with van der Waals surface area (Å²) >= 11 is 2.65. The van der Waals surface area contributed by atoms with E-state index in [4.69, 9.17) is 9.47 Å². The number of rotatable bonds is 20. The highest BCUT2D eigenvalue weighted by Crippen LogP contribution is 2.26. The molecule has 0 aliphatic carbocycles. The van der Waals surface area contributed by atoms with E-state index in [1.54, 1.807) is 52.3 Å². The first kappa shape index (κ1) is 52.7. The number of alkyl carbamates (subject to hydrolysis) is 1. The second-order valence-corrected chi connectivity index (χ2v) is 21.2. The lowest BCUT2D eigenvalue weighted by Gasteiger charge is -2.30. The number of aromatic nitrogens is 4. The van der Waals surface area contributed by atoms with Gasteiger partial charge in [0, 0.05) is 42.9 Å². The van der Waals surface area contributed by atoms with Crippen molar-refractivity contribution < 1.29 is 53.6 Å². The molecule has 0 radical (unpaired) electrons. The molecule has 3 aromatic heterocycles. The maximum Gasteiger partial charge on any atom is 0.419 e. The number of aliphatic hydroxyl groups excluding tert-OH is 3. The van der Waals surface area contributed by atoms with Crippen molar-refractivity contribution in [2.45, 2.75) is 123 Å². The zero-order chi connectivity index (χ0) is 47.4. The van der Waals surface area contributed by atoms with Crippen LogP contribution in [-0.4, -0.2) is 144 Å². The number of hydrogen-bond donors (Lipinski definition) is 8. The highest BCUT2D eigenvalue weighted by Gasteiger charge is 2.37. The van der Waals surface area contributed by atoms with E-state index in [1.165, 1.54) is 43.4 Å². The third-order valence-corrected chi connectivity index (χ3v) is 11.7. The lowest BCUT2D eigenvalue weighted by molar-refractivity contribution is -0.136. The third-order valence-electron chi connectivity index (χ3n) is 8.81. The van der Waals surface area contributed by atoms with Gasteiger partial charge in [0.15, 0.2) is 0 Å². The van der Waals surface area contributed by atoms with Crippen molar-refractivity contribution in [2.24, 2.45) is 5.92 Å². The smallest absolute Gasteiger partial charge is 0.419 e. The van der Waals surface area contributed by atoms with Crippen molar-refractivity contribution in [1.82, 2.24) is 46.1 Å². The SMILES string of the molecule is C[C@H](C(=O)N[C@H](C(=O)NCCc1nc(-c2nc(C(=O)NCCC[S+](C)C)cs2)cs1)[C@@H](C)O)[C@H](O)[C@@H](C)NC(=O)[C@@H](NC(=O)OC(C)(C)C)[C@@H](O)c1cn(C(=O)OC(C)(C)C)cn1. The van der Waals surface area contributed by atoms with E-state index in [0.29, 0.717) is 45.3 Å². The molecular weight excluding hydrogens is 879 g/mol. The van der Waals surface area contributed by atoms with E-state index in [0.717, 1.165) is 29.3 Å². The molecule has 0 saturated carbocycles. The molecule has 23 heteroatoms. The topological polar surface area (TPSA) is 285 Å². The van der Waals surface area contributed by atoms with Gasteiger partial charge >= 0.3 is 12.2 Å². The van der Waals surface area contributed by atoms with E-state index in [9.17, 15) is 44.1 Å². The van der Waals surface area contributed by atoms with Gasteiger partial charge in [0.1, 0.15) is 57.9 Å². The Morgan fingerprint density at radius 1 is 0.810 bits per heavy atom. The zero-order valence-electron chi connectivity index (χ0n) is 37.5. The fourth-order valence-corrected chi connectivity index (χ4v) is 7.89. The second kappa shape index (κ2) is 23.3. The van der Waals surface area contributed by atoms with Gasteiger partial charge in [0.25, 0.3) is 5.91 Å². The standard InChI is InChI=1S/C40H61N9O11S3/c1-21(30(51)22(2)44-35(56)29(48-37(57)59-39(4,5)6)31(52)24-17-49(20-43-24)38(58)60-40(7,8)9)32(53)47-28(23(3)50)34(55)42-15-13-27-45-26(19-61-27)36-46-25(18-62-36)33(54)41-14-12-16-63(10)11/h17-23,28-31,50-52H,12-16H2,1-11H3,(H4-,41,42,44,47,48,53,54,55,56,57)/p+1/t21-,22+,23+,28-,29-,30-,31-/m0/s1. The summed E-state index contributed by atoms with van der Waals surface area (Å²) in [6.45, 7) is 14.5. The molecule has 3 rings (SSSR count). The molecule has 7 atom stereocenters. The summed E-state index contributed by atoms with van der Waals surface area (Å²) in [4.78, 5) is 91.0. The van der Waals surface area contributed by atoms with E-state index in [-0.39, 0.29) is 18.1 Å². The monoisotopic (exact) mass is 940 g/mol. The molecule has 3 aromatic rings. The van der Waals surface area contributed by atoms with E-state index >= 15 is 0 Å². The molecule has 0 fully saturated rings. The Morgan fingerprint density at radius 3 is 2.10 bits per heavy atom. The van der Waals surface area contributed by atoms with Crippen LogP contribution in [0.5, 0.6) is 0 Å². The Balaban J connectivity index is 1.59. The summed E-state index contributed by atoms with van der Waals surface area (Å²) in [5, 5.41) is 50.4. The van der Waals surface area contributed by atoms with Gasteiger partial charge in [-0.1, -0.05) is 6.92 Å². The fraction of sp³-hybridized carbons (Fsp3) is 0.625. The minimum atomic E-state index is -1.83. The number of nitrogens with zero attached hydrogens (tertiary/aromatic N) is 4. The van der Waals surface area contributed by atoms with Gasteiger partial charge in [-0.25, -0.2) is 29.1 Å². The van der Waals surface area contributed by atoms with Crippen molar-refractivity contribution >= 4 is 69.4 Å². The van der Waals surface area contributed by atoms with Crippen LogP contribution in [-0.2, 0) is 41.2 Å². The first-order valence-electron chi connectivity index (χ1n) is 20.2. The molecule has 0 saturated heterocycles. The first-order chi connectivity index (χ1) is 29.3. The summed E-state index contributed by atoms with van der Waals surface area (Å²) in [6.07, 6.45) is 1.11. The summed E-state index contributed by atoms with van der Waals surface area (Å²) in [5.41, 5.74) is -1.09. The van der Waals surface area contributed by atoms with Crippen LogP contribution >= 0.6 is 22.7 Å². The normalized spacial score (nSPS) is 15.2. The predicted molar refractivity (Wildman–Crippen MR) is 239 cm³/mol. The Labute approximate surface area is 378 Å². The maximum absolute atomic E-state index is 13.6. The Kier molecular flexibility index (Phi) is 19.5. The quantitative estimate of drug-likeness (QED) is 0.0594. The van der Waals surface area contributed by atoms with E-state index in [2.05, 4.69) is 54.0 Å². The van der Waals surface area contributed by atoms with E-state index < -0.39 is 83.5 Å². The number of ether oxygens (including phenoxy) is 2. The molecular formula is C40H62N9O11S3+. The van der Waals surface area contributed by atoms with Gasteiger partial charge in [0.05, 0.1) is 47.4 Å². The number of nitrogens with one attached hydrogen (secondary N) is 5. The predicted octanol–water partition coefficient (Wildman–Crippen LogP) is 1.90. The molecule has 0 aliphatic rings. The Bertz CT molecular complexity index is 2020.